The summed E-state index contributed by atoms with van der Waals surface area (Å²) in [4.78, 5) is 22.5. The third-order valence-corrected chi connectivity index (χ3v) is 4.81. The van der Waals surface area contributed by atoms with Crippen LogP contribution in [0.2, 0.25) is 0 Å². The van der Waals surface area contributed by atoms with E-state index in [0.717, 1.165) is 5.56 Å². The van der Waals surface area contributed by atoms with Crippen LogP contribution in [0.3, 0.4) is 0 Å². The fraction of sp³-hybridized carbons (Fsp3) is 0.263. The molecule has 26 heavy (non-hydrogen) atoms. The summed E-state index contributed by atoms with van der Waals surface area (Å²) in [6, 6.07) is 11.9. The Morgan fingerprint density at radius 2 is 1.58 bits per heavy atom. The molecule has 0 radical (unpaired) electrons. The van der Waals surface area contributed by atoms with E-state index in [1.165, 1.54) is 31.2 Å². The highest BCUT2D eigenvalue weighted by Crippen LogP contribution is 2.20. The quantitative estimate of drug-likeness (QED) is 0.520. The van der Waals surface area contributed by atoms with Gasteiger partial charge in [0.2, 0.25) is 0 Å². The van der Waals surface area contributed by atoms with Crippen LogP contribution in [0.15, 0.2) is 53.4 Å². The van der Waals surface area contributed by atoms with Gasteiger partial charge in [-0.15, -0.1) is 0 Å². The van der Waals surface area contributed by atoms with Crippen LogP contribution in [-0.2, 0) is 26.1 Å². The van der Waals surface area contributed by atoms with Gasteiger partial charge >= 0.3 is 16.1 Å². The molecule has 0 unspecified atom stereocenters. The number of carbonyl (C=O) groups is 2. The number of hydrogen-bond donors (Lipinski definition) is 0. The third-order valence-electron chi connectivity index (χ3n) is 3.55. The van der Waals surface area contributed by atoms with Gasteiger partial charge in [0.1, 0.15) is 16.4 Å². The monoisotopic (exact) mass is 376 g/mol. The Balaban J connectivity index is 2.08. The van der Waals surface area contributed by atoms with Crippen LogP contribution in [0.4, 0.5) is 0 Å². The van der Waals surface area contributed by atoms with Gasteiger partial charge in [0, 0.05) is 6.42 Å². The maximum Gasteiger partial charge on any atom is 0.339 e. The Morgan fingerprint density at radius 1 is 0.962 bits per heavy atom. The van der Waals surface area contributed by atoms with Crippen LogP contribution in [-0.4, -0.2) is 26.8 Å². The van der Waals surface area contributed by atoms with E-state index in [9.17, 15) is 18.0 Å². The summed E-state index contributed by atoms with van der Waals surface area (Å²) in [6.45, 7) is 3.46. The van der Waals surface area contributed by atoms with Crippen molar-refractivity contribution in [1.82, 2.24) is 0 Å². The normalized spacial score (nSPS) is 11.0. The van der Waals surface area contributed by atoms with Gasteiger partial charge in [-0.3, -0.25) is 0 Å². The summed E-state index contributed by atoms with van der Waals surface area (Å²) in [5, 5.41) is 0. The number of rotatable bonds is 8. The number of ether oxygens (including phenoxy) is 1. The lowest BCUT2D eigenvalue weighted by Gasteiger charge is -2.08. The molecule has 6 nitrogen and oxygen atoms in total. The molecule has 0 bridgehead atoms. The zero-order valence-corrected chi connectivity index (χ0v) is 15.4. The minimum atomic E-state index is -4.01. The second-order valence-electron chi connectivity index (χ2n) is 5.63. The molecule has 0 atom stereocenters. The number of aryl methyl sites for hydroxylation is 1. The minimum absolute atomic E-state index is 0.0637. The van der Waals surface area contributed by atoms with E-state index in [0.29, 0.717) is 12.8 Å². The SMILES string of the molecule is CCOC(=O)c1ccc(S(=O)(=O)Oc2ccc(CCC(C)=O)cc2)cc1. The van der Waals surface area contributed by atoms with Gasteiger partial charge in [-0.05, 0) is 62.2 Å². The molecule has 2 aromatic carbocycles. The summed E-state index contributed by atoms with van der Waals surface area (Å²) in [5.41, 5.74) is 1.18. The number of carbonyl (C=O) groups excluding carboxylic acids is 2. The molecular weight excluding hydrogens is 356 g/mol. The van der Waals surface area contributed by atoms with Crippen molar-refractivity contribution in [2.45, 2.75) is 31.6 Å². The van der Waals surface area contributed by atoms with Crippen LogP contribution in [0.1, 0.15) is 36.2 Å². The molecule has 0 amide bonds. The van der Waals surface area contributed by atoms with E-state index in [1.807, 2.05) is 0 Å². The van der Waals surface area contributed by atoms with Gasteiger partial charge in [0.25, 0.3) is 0 Å². The molecule has 0 aliphatic rings. The predicted octanol–water partition coefficient (Wildman–Crippen LogP) is 3.15. The minimum Gasteiger partial charge on any atom is -0.462 e. The average Bonchev–Trinajstić information content (AvgIpc) is 2.61. The van der Waals surface area contributed by atoms with E-state index in [-0.39, 0.29) is 28.6 Å². The summed E-state index contributed by atoms with van der Waals surface area (Å²) < 4.78 is 34.6. The predicted molar refractivity (Wildman–Crippen MR) is 95.7 cm³/mol. The van der Waals surface area contributed by atoms with Crippen LogP contribution in [0.5, 0.6) is 5.75 Å². The lowest BCUT2D eigenvalue weighted by Crippen LogP contribution is -2.11. The highest BCUT2D eigenvalue weighted by molar-refractivity contribution is 7.87. The summed E-state index contributed by atoms with van der Waals surface area (Å²) >= 11 is 0. The summed E-state index contributed by atoms with van der Waals surface area (Å²) in [7, 11) is -4.01. The Kier molecular flexibility index (Phi) is 6.52. The first-order valence-corrected chi connectivity index (χ1v) is 9.52. The number of Topliss-reactive ketones (excluding diaryl/α,β-unsaturated/α-hetero) is 1. The second kappa shape index (κ2) is 8.62. The molecule has 0 fully saturated rings. The lowest BCUT2D eigenvalue weighted by molar-refractivity contribution is -0.116. The fourth-order valence-electron chi connectivity index (χ4n) is 2.18. The maximum atomic E-state index is 12.3. The van der Waals surface area contributed by atoms with Crippen molar-refractivity contribution < 1.29 is 26.9 Å². The Morgan fingerprint density at radius 3 is 2.12 bits per heavy atom. The Hall–Kier alpha value is -2.67. The van der Waals surface area contributed by atoms with E-state index in [2.05, 4.69) is 0 Å². The van der Waals surface area contributed by atoms with Crippen LogP contribution < -0.4 is 4.18 Å². The zero-order valence-electron chi connectivity index (χ0n) is 14.6. The van der Waals surface area contributed by atoms with Crippen molar-refractivity contribution in [1.29, 1.82) is 0 Å². The van der Waals surface area contributed by atoms with Gasteiger partial charge in [-0.2, -0.15) is 8.42 Å². The van der Waals surface area contributed by atoms with Crippen molar-refractivity contribution in [3.63, 3.8) is 0 Å². The van der Waals surface area contributed by atoms with E-state index in [4.69, 9.17) is 8.92 Å². The first-order valence-electron chi connectivity index (χ1n) is 8.12. The molecule has 138 valence electrons. The second-order valence-corrected chi connectivity index (χ2v) is 7.17. The lowest BCUT2D eigenvalue weighted by atomic mass is 10.1. The highest BCUT2D eigenvalue weighted by atomic mass is 32.2. The van der Waals surface area contributed by atoms with Gasteiger partial charge in [-0.1, -0.05) is 12.1 Å². The standard InChI is InChI=1S/C19H20O6S/c1-3-24-19(21)16-8-12-18(13-9-16)26(22,23)25-17-10-6-15(7-11-17)5-4-14(2)20/h6-13H,3-5H2,1-2H3. The van der Waals surface area contributed by atoms with Gasteiger partial charge in [0.05, 0.1) is 12.2 Å². The zero-order chi connectivity index (χ0) is 19.2. The number of esters is 1. The molecule has 0 aromatic heterocycles. The third kappa shape index (κ3) is 5.42. The fourth-order valence-corrected chi connectivity index (χ4v) is 3.11. The number of hydrogen-bond acceptors (Lipinski definition) is 6. The van der Waals surface area contributed by atoms with E-state index < -0.39 is 16.1 Å². The average molecular weight is 376 g/mol. The van der Waals surface area contributed by atoms with Crippen molar-refractivity contribution in [2.24, 2.45) is 0 Å². The molecule has 0 N–H and O–H groups in total. The van der Waals surface area contributed by atoms with Gasteiger partial charge < -0.3 is 13.7 Å². The molecule has 2 aromatic rings. The van der Waals surface area contributed by atoms with Crippen LogP contribution >= 0.6 is 0 Å². The largest absolute Gasteiger partial charge is 0.462 e. The van der Waals surface area contributed by atoms with Crippen molar-refractivity contribution in [3.8, 4) is 5.75 Å². The van der Waals surface area contributed by atoms with Crippen molar-refractivity contribution >= 4 is 21.9 Å². The van der Waals surface area contributed by atoms with Gasteiger partial charge in [-0.25, -0.2) is 4.79 Å². The molecular formula is C19H20O6S. The molecule has 0 aliphatic heterocycles. The Bertz CT molecular complexity index is 867. The van der Waals surface area contributed by atoms with Gasteiger partial charge in [0.15, 0.2) is 0 Å². The van der Waals surface area contributed by atoms with Crippen molar-refractivity contribution in [2.75, 3.05) is 6.61 Å². The summed E-state index contributed by atoms with van der Waals surface area (Å²) in [6.07, 6.45) is 1.03. The van der Waals surface area contributed by atoms with Crippen LogP contribution in [0, 0.1) is 0 Å². The van der Waals surface area contributed by atoms with Crippen LogP contribution in [0.25, 0.3) is 0 Å². The topological polar surface area (TPSA) is 86.7 Å². The molecule has 0 aliphatic carbocycles. The van der Waals surface area contributed by atoms with E-state index in [1.54, 1.807) is 31.2 Å². The summed E-state index contributed by atoms with van der Waals surface area (Å²) in [5.74, 6) is -0.247. The molecule has 0 spiro atoms. The molecule has 0 saturated heterocycles. The Labute approximate surface area is 152 Å². The molecule has 0 saturated carbocycles. The molecule has 0 heterocycles. The highest BCUT2D eigenvalue weighted by Gasteiger charge is 2.17. The maximum absolute atomic E-state index is 12.3. The van der Waals surface area contributed by atoms with Crippen molar-refractivity contribution in [3.05, 3.63) is 59.7 Å². The smallest absolute Gasteiger partial charge is 0.339 e. The molecule has 2 rings (SSSR count). The first kappa shape index (κ1) is 19.7. The first-order chi connectivity index (χ1) is 12.3. The van der Waals surface area contributed by atoms with E-state index >= 15 is 0 Å². The number of benzene rings is 2. The molecule has 7 heteroatoms. The number of ketones is 1.